The molecule has 1 aromatic rings. The van der Waals surface area contributed by atoms with Crippen molar-refractivity contribution in [3.8, 4) is 5.75 Å². The summed E-state index contributed by atoms with van der Waals surface area (Å²) >= 11 is 0. The van der Waals surface area contributed by atoms with E-state index in [9.17, 15) is 0 Å². The lowest BCUT2D eigenvalue weighted by Gasteiger charge is -2.26. The van der Waals surface area contributed by atoms with Gasteiger partial charge in [-0.3, -0.25) is 0 Å². The van der Waals surface area contributed by atoms with Gasteiger partial charge in [-0.05, 0) is 24.8 Å². The molecule has 1 aliphatic carbocycles. The average Bonchev–Trinajstić information content (AvgIpc) is 2.94. The number of para-hydroxylation sites is 1. The van der Waals surface area contributed by atoms with Gasteiger partial charge in [-0.25, -0.2) is 0 Å². The Morgan fingerprint density at radius 3 is 3.07 bits per heavy atom. The maximum Gasteiger partial charge on any atom is 0.123 e. The van der Waals surface area contributed by atoms with Gasteiger partial charge in [-0.1, -0.05) is 31.5 Å². The molecule has 1 aromatic carbocycles. The summed E-state index contributed by atoms with van der Waals surface area (Å²) in [5.41, 5.74) is 1.97. The van der Waals surface area contributed by atoms with Crippen molar-refractivity contribution >= 4 is 0 Å². The molecule has 0 N–H and O–H groups in total. The van der Waals surface area contributed by atoms with E-state index in [0.29, 0.717) is 5.41 Å². The summed E-state index contributed by atoms with van der Waals surface area (Å²) in [5.74, 6) is 2.04. The summed E-state index contributed by atoms with van der Waals surface area (Å²) in [6.45, 7) is 3.21. The molecule has 2 aliphatic rings. The van der Waals surface area contributed by atoms with E-state index >= 15 is 0 Å². The third kappa shape index (κ3) is 0.956. The molecule has 1 heterocycles. The van der Waals surface area contributed by atoms with Crippen molar-refractivity contribution in [2.45, 2.75) is 31.6 Å². The van der Waals surface area contributed by atoms with E-state index < -0.39 is 0 Å². The van der Waals surface area contributed by atoms with Crippen molar-refractivity contribution in [2.75, 3.05) is 6.61 Å². The first kappa shape index (κ1) is 8.34. The summed E-state index contributed by atoms with van der Waals surface area (Å²) in [4.78, 5) is 0. The standard InChI is InChI=1S/C13H16O/c1-2-10-9-13(10)7-8-14-12-6-4-3-5-11(12)13/h3-6,10H,2,7-9H2,1H3/t10-,13-/m1/s1. The maximum absolute atomic E-state index is 5.69. The Kier molecular flexibility index (Phi) is 1.64. The Hall–Kier alpha value is -0.980. The van der Waals surface area contributed by atoms with E-state index in [1.165, 1.54) is 24.8 Å². The molecule has 3 rings (SSSR count). The van der Waals surface area contributed by atoms with Crippen LogP contribution in [0.4, 0.5) is 0 Å². The number of ether oxygens (including phenoxy) is 1. The zero-order valence-corrected chi connectivity index (χ0v) is 8.62. The van der Waals surface area contributed by atoms with Gasteiger partial charge in [0.2, 0.25) is 0 Å². The molecule has 14 heavy (non-hydrogen) atoms. The summed E-state index contributed by atoms with van der Waals surface area (Å²) in [6, 6.07) is 8.58. The minimum absolute atomic E-state index is 0.504. The maximum atomic E-state index is 5.69. The zero-order valence-electron chi connectivity index (χ0n) is 8.62. The van der Waals surface area contributed by atoms with Crippen LogP contribution in [0.5, 0.6) is 5.75 Å². The molecule has 1 saturated carbocycles. The highest BCUT2D eigenvalue weighted by molar-refractivity contribution is 5.46. The van der Waals surface area contributed by atoms with Crippen LogP contribution in [-0.4, -0.2) is 6.61 Å². The number of benzene rings is 1. The highest BCUT2D eigenvalue weighted by atomic mass is 16.5. The van der Waals surface area contributed by atoms with Gasteiger partial charge in [0.05, 0.1) is 6.61 Å². The molecular formula is C13H16O. The molecule has 0 aromatic heterocycles. The smallest absolute Gasteiger partial charge is 0.123 e. The van der Waals surface area contributed by atoms with Crippen molar-refractivity contribution in [3.05, 3.63) is 29.8 Å². The van der Waals surface area contributed by atoms with Gasteiger partial charge in [-0.2, -0.15) is 0 Å². The van der Waals surface area contributed by atoms with Crippen LogP contribution in [-0.2, 0) is 5.41 Å². The normalized spacial score (nSPS) is 33.6. The van der Waals surface area contributed by atoms with Gasteiger partial charge >= 0.3 is 0 Å². The fourth-order valence-electron chi connectivity index (χ4n) is 3.03. The largest absolute Gasteiger partial charge is 0.493 e. The minimum atomic E-state index is 0.504. The lowest BCUT2D eigenvalue weighted by Crippen LogP contribution is -2.21. The number of hydrogen-bond donors (Lipinski definition) is 0. The van der Waals surface area contributed by atoms with Crippen molar-refractivity contribution in [1.82, 2.24) is 0 Å². The molecule has 0 saturated heterocycles. The minimum Gasteiger partial charge on any atom is -0.493 e. The molecule has 1 fully saturated rings. The lowest BCUT2D eigenvalue weighted by atomic mass is 9.87. The SMILES string of the molecule is CC[C@@H]1C[C@]12CCOc1ccccc12. The fourth-order valence-corrected chi connectivity index (χ4v) is 3.03. The highest BCUT2D eigenvalue weighted by Gasteiger charge is 2.55. The monoisotopic (exact) mass is 188 g/mol. The molecule has 1 aliphatic heterocycles. The van der Waals surface area contributed by atoms with Gasteiger partial charge in [0.15, 0.2) is 0 Å². The van der Waals surface area contributed by atoms with E-state index in [-0.39, 0.29) is 0 Å². The second kappa shape index (κ2) is 2.75. The second-order valence-electron chi connectivity index (χ2n) is 4.56. The fraction of sp³-hybridized carbons (Fsp3) is 0.538. The Labute approximate surface area is 85.1 Å². The number of hydrogen-bond acceptors (Lipinski definition) is 1. The van der Waals surface area contributed by atoms with Gasteiger partial charge < -0.3 is 4.74 Å². The molecular weight excluding hydrogens is 172 g/mol. The quantitative estimate of drug-likeness (QED) is 0.658. The predicted octanol–water partition coefficient (Wildman–Crippen LogP) is 3.14. The first-order valence-electron chi connectivity index (χ1n) is 5.59. The predicted molar refractivity (Wildman–Crippen MR) is 56.6 cm³/mol. The molecule has 0 bridgehead atoms. The van der Waals surface area contributed by atoms with Crippen molar-refractivity contribution < 1.29 is 4.74 Å². The molecule has 74 valence electrons. The first-order chi connectivity index (χ1) is 6.87. The summed E-state index contributed by atoms with van der Waals surface area (Å²) in [6.07, 6.45) is 3.92. The summed E-state index contributed by atoms with van der Waals surface area (Å²) < 4.78 is 5.69. The number of fused-ring (bicyclic) bond motifs is 2. The van der Waals surface area contributed by atoms with E-state index in [1.54, 1.807) is 0 Å². The van der Waals surface area contributed by atoms with E-state index in [1.807, 2.05) is 0 Å². The highest BCUT2D eigenvalue weighted by Crippen LogP contribution is 2.61. The van der Waals surface area contributed by atoms with Gasteiger partial charge in [0.1, 0.15) is 5.75 Å². The number of rotatable bonds is 1. The van der Waals surface area contributed by atoms with Gasteiger partial charge in [0.25, 0.3) is 0 Å². The molecule has 0 radical (unpaired) electrons. The molecule has 0 amide bonds. The van der Waals surface area contributed by atoms with E-state index in [0.717, 1.165) is 18.3 Å². The van der Waals surface area contributed by atoms with Crippen LogP contribution in [0.25, 0.3) is 0 Å². The molecule has 1 nitrogen and oxygen atoms in total. The first-order valence-corrected chi connectivity index (χ1v) is 5.59. The van der Waals surface area contributed by atoms with Crippen LogP contribution in [0.3, 0.4) is 0 Å². The second-order valence-corrected chi connectivity index (χ2v) is 4.56. The van der Waals surface area contributed by atoms with Crippen LogP contribution in [0.15, 0.2) is 24.3 Å². The molecule has 1 heteroatoms. The Morgan fingerprint density at radius 1 is 1.43 bits per heavy atom. The third-order valence-corrected chi connectivity index (χ3v) is 3.95. The molecule has 1 spiro atoms. The van der Waals surface area contributed by atoms with Crippen LogP contribution in [0, 0.1) is 5.92 Å². The average molecular weight is 188 g/mol. The Bertz CT molecular complexity index is 358. The molecule has 2 atom stereocenters. The Balaban J connectivity index is 2.05. The lowest BCUT2D eigenvalue weighted by molar-refractivity contribution is 0.253. The van der Waals surface area contributed by atoms with E-state index in [2.05, 4.69) is 31.2 Å². The van der Waals surface area contributed by atoms with E-state index in [4.69, 9.17) is 4.74 Å². The van der Waals surface area contributed by atoms with Crippen molar-refractivity contribution in [3.63, 3.8) is 0 Å². The topological polar surface area (TPSA) is 9.23 Å². The zero-order chi connectivity index (χ0) is 9.60. The van der Waals surface area contributed by atoms with Gasteiger partial charge in [-0.15, -0.1) is 0 Å². The van der Waals surface area contributed by atoms with Crippen LogP contribution < -0.4 is 4.74 Å². The van der Waals surface area contributed by atoms with Gasteiger partial charge in [0, 0.05) is 11.0 Å². The third-order valence-electron chi connectivity index (χ3n) is 3.95. The van der Waals surface area contributed by atoms with Crippen molar-refractivity contribution in [1.29, 1.82) is 0 Å². The van der Waals surface area contributed by atoms with Crippen LogP contribution in [0.2, 0.25) is 0 Å². The Morgan fingerprint density at radius 2 is 2.29 bits per heavy atom. The molecule has 0 unspecified atom stereocenters. The van der Waals surface area contributed by atoms with Crippen LogP contribution in [0.1, 0.15) is 31.7 Å². The summed E-state index contributed by atoms with van der Waals surface area (Å²) in [7, 11) is 0. The van der Waals surface area contributed by atoms with Crippen LogP contribution >= 0.6 is 0 Å². The summed E-state index contributed by atoms with van der Waals surface area (Å²) in [5, 5.41) is 0. The van der Waals surface area contributed by atoms with Crippen molar-refractivity contribution in [2.24, 2.45) is 5.92 Å².